The molecule has 2 aromatic rings. The van der Waals surface area contributed by atoms with Crippen LogP contribution in [-0.4, -0.2) is 69.7 Å². The van der Waals surface area contributed by atoms with Gasteiger partial charge in [0.1, 0.15) is 12.2 Å². The number of hydrogen-bond donors (Lipinski definition) is 0. The Kier molecular flexibility index (Phi) is 8.36. The molecule has 3 rings (SSSR count). The molecule has 1 fully saturated rings. The van der Waals surface area contributed by atoms with Gasteiger partial charge in [-0.05, 0) is 26.3 Å². The monoisotopic (exact) mass is 512 g/mol. The third-order valence-corrected chi connectivity index (χ3v) is 5.40. The van der Waals surface area contributed by atoms with E-state index < -0.39 is 35.7 Å². The number of alkyl halides is 3. The Balaban J connectivity index is 1.64. The smallest absolute Gasteiger partial charge is 0.435 e. The SMILES string of the molecule is Cn1nc(C(F)(F)F)cc1OCC[C@@H]1CN(C(=O)OCc2ccccc2)CCN1C(=O)OC(C)(C)C. The van der Waals surface area contributed by atoms with Gasteiger partial charge in [-0.25, -0.2) is 14.3 Å². The molecule has 9 nitrogen and oxygen atoms in total. The second kappa shape index (κ2) is 11.1. The average molecular weight is 513 g/mol. The fraction of sp³-hybridized carbons (Fsp3) is 0.542. The second-order valence-electron chi connectivity index (χ2n) is 9.44. The molecule has 0 N–H and O–H groups in total. The highest BCUT2D eigenvalue weighted by Crippen LogP contribution is 2.30. The van der Waals surface area contributed by atoms with Crippen LogP contribution >= 0.6 is 0 Å². The van der Waals surface area contributed by atoms with Gasteiger partial charge >= 0.3 is 18.4 Å². The van der Waals surface area contributed by atoms with Gasteiger partial charge in [0.05, 0.1) is 12.6 Å². The molecule has 1 aromatic heterocycles. The van der Waals surface area contributed by atoms with Crippen molar-refractivity contribution < 1.29 is 37.0 Å². The van der Waals surface area contributed by atoms with Crippen molar-refractivity contribution in [3.05, 3.63) is 47.7 Å². The summed E-state index contributed by atoms with van der Waals surface area (Å²) in [4.78, 5) is 28.5. The highest BCUT2D eigenvalue weighted by molar-refractivity contribution is 5.71. The van der Waals surface area contributed by atoms with Gasteiger partial charge in [0.2, 0.25) is 5.88 Å². The van der Waals surface area contributed by atoms with Crippen LogP contribution in [0.15, 0.2) is 36.4 Å². The van der Waals surface area contributed by atoms with E-state index in [-0.39, 0.29) is 45.1 Å². The molecule has 0 saturated carbocycles. The number of benzene rings is 1. The van der Waals surface area contributed by atoms with Crippen molar-refractivity contribution in [1.82, 2.24) is 19.6 Å². The molecule has 1 aromatic carbocycles. The number of carbonyl (C=O) groups is 2. The Morgan fingerprint density at radius 2 is 1.78 bits per heavy atom. The summed E-state index contributed by atoms with van der Waals surface area (Å²) in [5.74, 6) is -0.0546. The first-order chi connectivity index (χ1) is 16.8. The molecule has 1 aliphatic rings. The molecule has 0 radical (unpaired) electrons. The number of amides is 2. The van der Waals surface area contributed by atoms with Crippen LogP contribution in [0.1, 0.15) is 38.4 Å². The van der Waals surface area contributed by atoms with Crippen LogP contribution in [0.5, 0.6) is 5.88 Å². The third-order valence-electron chi connectivity index (χ3n) is 5.40. The summed E-state index contributed by atoms with van der Waals surface area (Å²) < 4.78 is 56.2. The van der Waals surface area contributed by atoms with Crippen LogP contribution in [0.3, 0.4) is 0 Å². The molecule has 0 aliphatic carbocycles. The molecule has 12 heteroatoms. The van der Waals surface area contributed by atoms with Crippen molar-refractivity contribution in [2.24, 2.45) is 7.05 Å². The number of nitrogens with zero attached hydrogens (tertiary/aromatic N) is 4. The van der Waals surface area contributed by atoms with Crippen LogP contribution in [-0.2, 0) is 29.3 Å². The molecule has 2 heterocycles. The van der Waals surface area contributed by atoms with E-state index in [2.05, 4.69) is 5.10 Å². The molecule has 0 unspecified atom stereocenters. The Bertz CT molecular complexity index is 1040. The van der Waals surface area contributed by atoms with Crippen molar-refractivity contribution in [3.63, 3.8) is 0 Å². The first-order valence-corrected chi connectivity index (χ1v) is 11.5. The fourth-order valence-electron chi connectivity index (χ4n) is 3.66. The average Bonchev–Trinajstić information content (AvgIpc) is 3.18. The maximum Gasteiger partial charge on any atom is 0.435 e. The Hall–Kier alpha value is -3.44. The highest BCUT2D eigenvalue weighted by atomic mass is 19.4. The standard InChI is InChI=1S/C24H31F3N4O5/c1-23(2,3)36-22(33)31-12-11-30(21(32)35-16-17-8-6-5-7-9-17)15-18(31)10-13-34-20-14-19(24(25,26)27)28-29(20)4/h5-9,14,18H,10-13,15-16H2,1-4H3/t18-/m1/s1. The molecule has 0 bridgehead atoms. The largest absolute Gasteiger partial charge is 0.478 e. The minimum Gasteiger partial charge on any atom is -0.478 e. The van der Waals surface area contributed by atoms with Gasteiger partial charge in [0, 0.05) is 39.2 Å². The summed E-state index contributed by atoms with van der Waals surface area (Å²) in [5, 5.41) is 3.42. The zero-order valence-electron chi connectivity index (χ0n) is 20.7. The lowest BCUT2D eigenvalue weighted by molar-refractivity contribution is -0.141. The van der Waals surface area contributed by atoms with Gasteiger partial charge in [-0.15, -0.1) is 0 Å². The zero-order valence-corrected chi connectivity index (χ0v) is 20.7. The van der Waals surface area contributed by atoms with Crippen LogP contribution in [0.2, 0.25) is 0 Å². The number of carbonyl (C=O) groups excluding carboxylic acids is 2. The normalized spacial score (nSPS) is 16.6. The summed E-state index contributed by atoms with van der Waals surface area (Å²) in [7, 11) is 1.35. The first kappa shape index (κ1) is 27.2. The minimum atomic E-state index is -4.59. The molecule has 0 spiro atoms. The number of rotatable bonds is 6. The number of piperazine rings is 1. The quantitative estimate of drug-likeness (QED) is 0.568. The van der Waals surface area contributed by atoms with E-state index in [0.717, 1.165) is 16.3 Å². The second-order valence-corrected chi connectivity index (χ2v) is 9.44. The van der Waals surface area contributed by atoms with Crippen LogP contribution in [0, 0.1) is 0 Å². The molecule has 2 amide bonds. The van der Waals surface area contributed by atoms with E-state index in [0.29, 0.717) is 0 Å². The molecule has 1 atom stereocenters. The predicted octanol–water partition coefficient (Wildman–Crippen LogP) is 4.47. The van der Waals surface area contributed by atoms with Crippen LogP contribution in [0.25, 0.3) is 0 Å². The van der Waals surface area contributed by atoms with Gasteiger partial charge in [-0.1, -0.05) is 30.3 Å². The zero-order chi connectivity index (χ0) is 26.5. The fourth-order valence-corrected chi connectivity index (χ4v) is 3.66. The van der Waals surface area contributed by atoms with Crippen molar-refractivity contribution >= 4 is 12.2 Å². The lowest BCUT2D eigenvalue weighted by Gasteiger charge is -2.41. The molecule has 198 valence electrons. The minimum absolute atomic E-state index is 0.00625. The lowest BCUT2D eigenvalue weighted by atomic mass is 10.1. The van der Waals surface area contributed by atoms with Gasteiger partial charge in [-0.2, -0.15) is 18.3 Å². The highest BCUT2D eigenvalue weighted by Gasteiger charge is 2.37. The molecule has 36 heavy (non-hydrogen) atoms. The number of aryl methyl sites for hydroxylation is 1. The van der Waals surface area contributed by atoms with Crippen molar-refractivity contribution in [2.45, 2.75) is 51.6 Å². The van der Waals surface area contributed by atoms with E-state index in [4.69, 9.17) is 14.2 Å². The number of halogens is 3. The summed E-state index contributed by atoms with van der Waals surface area (Å²) in [6.07, 6.45) is -5.40. The Morgan fingerprint density at radius 3 is 2.39 bits per heavy atom. The van der Waals surface area contributed by atoms with E-state index >= 15 is 0 Å². The van der Waals surface area contributed by atoms with Crippen LogP contribution < -0.4 is 4.74 Å². The van der Waals surface area contributed by atoms with E-state index in [1.54, 1.807) is 20.8 Å². The predicted molar refractivity (Wildman–Crippen MR) is 123 cm³/mol. The number of aromatic nitrogens is 2. The van der Waals surface area contributed by atoms with Gasteiger partial charge in [0.25, 0.3) is 0 Å². The van der Waals surface area contributed by atoms with Gasteiger partial charge in [-0.3, -0.25) is 0 Å². The summed E-state index contributed by atoms with van der Waals surface area (Å²) in [5.41, 5.74) is -0.926. The van der Waals surface area contributed by atoms with Crippen LogP contribution in [0.4, 0.5) is 22.8 Å². The van der Waals surface area contributed by atoms with E-state index in [1.165, 1.54) is 16.8 Å². The summed E-state index contributed by atoms with van der Waals surface area (Å²) >= 11 is 0. The van der Waals surface area contributed by atoms with Crippen molar-refractivity contribution in [2.75, 3.05) is 26.2 Å². The molecule has 1 saturated heterocycles. The summed E-state index contributed by atoms with van der Waals surface area (Å²) in [6.45, 7) is 5.98. The third kappa shape index (κ3) is 7.53. The Labute approximate surface area is 207 Å². The topological polar surface area (TPSA) is 86.1 Å². The van der Waals surface area contributed by atoms with E-state index in [1.807, 2.05) is 30.3 Å². The van der Waals surface area contributed by atoms with Crippen molar-refractivity contribution in [1.29, 1.82) is 0 Å². The molecular formula is C24H31F3N4O5. The maximum absolute atomic E-state index is 12.9. The number of ether oxygens (including phenoxy) is 3. The van der Waals surface area contributed by atoms with Crippen molar-refractivity contribution in [3.8, 4) is 5.88 Å². The van der Waals surface area contributed by atoms with Gasteiger partial charge < -0.3 is 24.0 Å². The lowest BCUT2D eigenvalue weighted by Crippen LogP contribution is -2.57. The van der Waals surface area contributed by atoms with Gasteiger partial charge in [0.15, 0.2) is 5.69 Å². The first-order valence-electron chi connectivity index (χ1n) is 11.5. The molecular weight excluding hydrogens is 481 g/mol. The Morgan fingerprint density at radius 1 is 1.08 bits per heavy atom. The van der Waals surface area contributed by atoms with E-state index in [9.17, 15) is 22.8 Å². The summed E-state index contributed by atoms with van der Waals surface area (Å²) in [6, 6.07) is 9.57. The maximum atomic E-state index is 12.9. The number of hydrogen-bond acceptors (Lipinski definition) is 6. The molecule has 1 aliphatic heterocycles.